The molecule has 0 unspecified atom stereocenters. The number of carbonyl (C=O) groups excluding carboxylic acids is 2. The number of rotatable bonds is 7. The number of hydrogen-bond acceptors (Lipinski definition) is 7. The minimum absolute atomic E-state index is 0.000936. The van der Waals surface area contributed by atoms with Gasteiger partial charge in [0.25, 0.3) is 0 Å². The number of hydrogen-bond donors (Lipinski definition) is 2. The quantitative estimate of drug-likeness (QED) is 0.533. The summed E-state index contributed by atoms with van der Waals surface area (Å²) < 4.78 is 15.9. The molecule has 3 rings (SSSR count). The molecule has 0 fully saturated rings. The molecule has 8 nitrogen and oxygen atoms in total. The zero-order chi connectivity index (χ0) is 20.8. The van der Waals surface area contributed by atoms with Crippen molar-refractivity contribution in [3.05, 3.63) is 42.0 Å². The molecule has 1 heterocycles. The van der Waals surface area contributed by atoms with E-state index in [-0.39, 0.29) is 18.2 Å². The van der Waals surface area contributed by atoms with Crippen LogP contribution in [-0.4, -0.2) is 44.6 Å². The van der Waals surface area contributed by atoms with Crippen LogP contribution >= 0.6 is 11.8 Å². The first-order chi connectivity index (χ1) is 14.0. The summed E-state index contributed by atoms with van der Waals surface area (Å²) in [6, 6.07) is 10.9. The van der Waals surface area contributed by atoms with Gasteiger partial charge in [-0.3, -0.25) is 9.59 Å². The van der Waals surface area contributed by atoms with Crippen molar-refractivity contribution in [3.63, 3.8) is 0 Å². The molecule has 29 heavy (non-hydrogen) atoms. The second-order valence-electron chi connectivity index (χ2n) is 6.03. The number of fused-ring (bicyclic) bond motifs is 1. The van der Waals surface area contributed by atoms with Gasteiger partial charge in [-0.15, -0.1) is 11.8 Å². The molecule has 0 saturated heterocycles. The maximum atomic E-state index is 12.3. The molecule has 1 aliphatic rings. The van der Waals surface area contributed by atoms with E-state index >= 15 is 0 Å². The van der Waals surface area contributed by atoms with E-state index in [0.29, 0.717) is 22.8 Å². The lowest BCUT2D eigenvalue weighted by Crippen LogP contribution is -2.33. The highest BCUT2D eigenvalue weighted by Gasteiger charge is 2.28. The third-order valence-electron chi connectivity index (χ3n) is 4.21. The maximum absolute atomic E-state index is 12.3. The summed E-state index contributed by atoms with van der Waals surface area (Å²) in [5.41, 5.74) is 3.76. The molecular weight excluding hydrogens is 394 g/mol. The number of nitrogens with one attached hydrogen (secondary N) is 2. The lowest BCUT2D eigenvalue weighted by atomic mass is 10.2. The first-order valence-corrected chi connectivity index (χ1v) is 9.62. The number of ether oxygens (including phenoxy) is 3. The molecule has 0 aliphatic carbocycles. The Balaban J connectivity index is 1.65. The Morgan fingerprint density at radius 3 is 2.52 bits per heavy atom. The number of thioether (sulfide) groups is 1. The fourth-order valence-electron chi connectivity index (χ4n) is 2.77. The van der Waals surface area contributed by atoms with Crippen LogP contribution in [0, 0.1) is 0 Å². The second-order valence-corrected chi connectivity index (χ2v) is 7.28. The van der Waals surface area contributed by atoms with Crippen molar-refractivity contribution in [2.75, 3.05) is 26.6 Å². The molecule has 152 valence electrons. The summed E-state index contributed by atoms with van der Waals surface area (Å²) in [5.74, 6) is 0.961. The van der Waals surface area contributed by atoms with Crippen LogP contribution in [-0.2, 0) is 9.59 Å². The molecule has 0 radical (unpaired) electrons. The molecule has 0 saturated carbocycles. The van der Waals surface area contributed by atoms with Gasteiger partial charge in [0, 0.05) is 23.4 Å². The van der Waals surface area contributed by atoms with E-state index in [9.17, 15) is 9.59 Å². The summed E-state index contributed by atoms with van der Waals surface area (Å²) in [6.45, 7) is 0. The standard InChI is InChI=1S/C20H21N3O5S/c1-26-12-8-15(27-2)13(16(9-12)28-3)11-21-23-19(24)10-18-20(25)22-14-6-4-5-7-17(14)29-18/h4-9,11,18H,10H2,1-3H3,(H,22,25)(H,23,24)/b21-11-/t18-/m0/s1. The average molecular weight is 415 g/mol. The van der Waals surface area contributed by atoms with E-state index in [1.165, 1.54) is 32.2 Å². The fraction of sp³-hybridized carbons (Fsp3) is 0.250. The SMILES string of the molecule is COc1cc(OC)c(/C=N\NC(=O)C[C@@H]2Sc3ccccc3NC2=O)c(OC)c1. The Labute approximate surface area is 172 Å². The largest absolute Gasteiger partial charge is 0.496 e. The highest BCUT2D eigenvalue weighted by Crippen LogP contribution is 2.36. The van der Waals surface area contributed by atoms with E-state index < -0.39 is 5.25 Å². The zero-order valence-electron chi connectivity index (χ0n) is 16.2. The van der Waals surface area contributed by atoms with Gasteiger partial charge in [-0.05, 0) is 12.1 Å². The van der Waals surface area contributed by atoms with Crippen LogP contribution in [0.25, 0.3) is 0 Å². The average Bonchev–Trinajstić information content (AvgIpc) is 2.74. The molecule has 0 bridgehead atoms. The molecule has 2 aromatic rings. The molecule has 0 spiro atoms. The molecular formula is C20H21N3O5S. The summed E-state index contributed by atoms with van der Waals surface area (Å²) in [6.07, 6.45) is 1.43. The molecule has 1 aliphatic heterocycles. The van der Waals surface area contributed by atoms with Crippen LogP contribution in [0.5, 0.6) is 17.2 Å². The second kappa shape index (κ2) is 9.33. The third-order valence-corrected chi connectivity index (χ3v) is 5.49. The van der Waals surface area contributed by atoms with Gasteiger partial charge in [0.15, 0.2) is 0 Å². The number of amides is 2. The smallest absolute Gasteiger partial charge is 0.241 e. The summed E-state index contributed by atoms with van der Waals surface area (Å²) in [5, 5.41) is 6.27. The van der Waals surface area contributed by atoms with Crippen molar-refractivity contribution in [1.82, 2.24) is 5.43 Å². The van der Waals surface area contributed by atoms with Crippen LogP contribution in [0.4, 0.5) is 5.69 Å². The zero-order valence-corrected chi connectivity index (χ0v) is 17.0. The summed E-state index contributed by atoms with van der Waals surface area (Å²) in [4.78, 5) is 25.4. The Hall–Kier alpha value is -3.20. The molecule has 1 atom stereocenters. The molecule has 2 N–H and O–H groups in total. The van der Waals surface area contributed by atoms with Gasteiger partial charge in [0.1, 0.15) is 17.2 Å². The van der Waals surface area contributed by atoms with Crippen LogP contribution in [0.15, 0.2) is 46.4 Å². The van der Waals surface area contributed by atoms with Gasteiger partial charge in [-0.25, -0.2) is 5.43 Å². The lowest BCUT2D eigenvalue weighted by molar-refractivity contribution is -0.124. The number of methoxy groups -OCH3 is 3. The molecule has 0 aromatic heterocycles. The topological polar surface area (TPSA) is 98.3 Å². The van der Waals surface area contributed by atoms with E-state index in [4.69, 9.17) is 14.2 Å². The van der Waals surface area contributed by atoms with Gasteiger partial charge in [-0.1, -0.05) is 12.1 Å². The predicted octanol–water partition coefficient (Wildman–Crippen LogP) is 2.67. The lowest BCUT2D eigenvalue weighted by Gasteiger charge is -2.23. The van der Waals surface area contributed by atoms with Gasteiger partial charge in [-0.2, -0.15) is 5.10 Å². The van der Waals surface area contributed by atoms with Crippen LogP contribution in [0.1, 0.15) is 12.0 Å². The van der Waals surface area contributed by atoms with Gasteiger partial charge in [0.2, 0.25) is 11.8 Å². The number of nitrogens with zero attached hydrogens (tertiary/aromatic N) is 1. The molecule has 2 aromatic carbocycles. The van der Waals surface area contributed by atoms with E-state index in [2.05, 4.69) is 15.8 Å². The van der Waals surface area contributed by atoms with Crippen molar-refractivity contribution in [2.24, 2.45) is 5.10 Å². The van der Waals surface area contributed by atoms with Crippen LogP contribution < -0.4 is 25.0 Å². The van der Waals surface area contributed by atoms with Crippen LogP contribution in [0.3, 0.4) is 0 Å². The van der Waals surface area contributed by atoms with Crippen molar-refractivity contribution < 1.29 is 23.8 Å². The van der Waals surface area contributed by atoms with Crippen LogP contribution in [0.2, 0.25) is 0 Å². The number of para-hydroxylation sites is 1. The van der Waals surface area contributed by atoms with E-state index in [1.807, 2.05) is 24.3 Å². The van der Waals surface area contributed by atoms with Crippen molar-refractivity contribution in [2.45, 2.75) is 16.6 Å². The Morgan fingerprint density at radius 2 is 1.86 bits per heavy atom. The predicted molar refractivity (Wildman–Crippen MR) is 111 cm³/mol. The Bertz CT molecular complexity index is 922. The Kier molecular flexibility index (Phi) is 6.61. The minimum Gasteiger partial charge on any atom is -0.496 e. The number of hydrazone groups is 1. The molecule has 9 heteroatoms. The normalized spacial score (nSPS) is 15.4. The van der Waals surface area contributed by atoms with E-state index in [0.717, 1.165) is 10.6 Å². The van der Waals surface area contributed by atoms with Gasteiger partial charge < -0.3 is 19.5 Å². The van der Waals surface area contributed by atoms with Crippen molar-refractivity contribution >= 4 is 35.5 Å². The highest BCUT2D eigenvalue weighted by atomic mass is 32.2. The first kappa shape index (κ1) is 20.5. The number of carbonyl (C=O) groups is 2. The van der Waals surface area contributed by atoms with E-state index in [1.54, 1.807) is 19.2 Å². The van der Waals surface area contributed by atoms with Gasteiger partial charge >= 0.3 is 0 Å². The van der Waals surface area contributed by atoms with Crippen molar-refractivity contribution in [1.29, 1.82) is 0 Å². The highest BCUT2D eigenvalue weighted by molar-refractivity contribution is 8.01. The summed E-state index contributed by atoms with van der Waals surface area (Å²) >= 11 is 1.36. The Morgan fingerprint density at radius 1 is 1.17 bits per heavy atom. The van der Waals surface area contributed by atoms with Crippen molar-refractivity contribution in [3.8, 4) is 17.2 Å². The summed E-state index contributed by atoms with van der Waals surface area (Å²) in [7, 11) is 4.57. The van der Waals surface area contributed by atoms with Gasteiger partial charge in [0.05, 0.1) is 44.0 Å². The third kappa shape index (κ3) is 4.80. The number of anilines is 1. The first-order valence-electron chi connectivity index (χ1n) is 8.74. The minimum atomic E-state index is -0.523. The monoisotopic (exact) mass is 415 g/mol. The number of benzene rings is 2. The maximum Gasteiger partial charge on any atom is 0.241 e. The molecule has 2 amide bonds. The fourth-order valence-corrected chi connectivity index (χ4v) is 3.88.